The number of carbonyl (C=O) groups excluding carboxylic acids is 3. The van der Waals surface area contributed by atoms with E-state index in [-0.39, 0.29) is 24.7 Å². The molecule has 148 valence electrons. The number of imide groups is 1. The lowest BCUT2D eigenvalue weighted by Crippen LogP contribution is -2.34. The fourth-order valence-electron chi connectivity index (χ4n) is 2.79. The summed E-state index contributed by atoms with van der Waals surface area (Å²) in [7, 11) is 1.58. The first-order valence-electron chi connectivity index (χ1n) is 8.68. The third-order valence-electron chi connectivity index (χ3n) is 4.18. The number of methoxy groups -OCH3 is 1. The van der Waals surface area contributed by atoms with Crippen molar-refractivity contribution in [1.82, 2.24) is 5.32 Å². The van der Waals surface area contributed by atoms with Crippen molar-refractivity contribution in [3.63, 3.8) is 0 Å². The van der Waals surface area contributed by atoms with Gasteiger partial charge in [0.2, 0.25) is 5.91 Å². The first kappa shape index (κ1) is 19.7. The van der Waals surface area contributed by atoms with E-state index >= 15 is 0 Å². The van der Waals surface area contributed by atoms with E-state index in [1.165, 1.54) is 17.4 Å². The molecule has 1 atom stereocenters. The van der Waals surface area contributed by atoms with Gasteiger partial charge >= 0.3 is 6.09 Å². The van der Waals surface area contributed by atoms with Gasteiger partial charge in [0.1, 0.15) is 23.1 Å². The fourth-order valence-corrected chi connectivity index (χ4v) is 3.58. The predicted molar refractivity (Wildman–Crippen MR) is 103 cm³/mol. The normalized spacial score (nSPS) is 15.0. The van der Waals surface area contributed by atoms with Gasteiger partial charge in [0.15, 0.2) is 0 Å². The van der Waals surface area contributed by atoms with Crippen LogP contribution in [0.5, 0.6) is 11.5 Å². The minimum atomic E-state index is -0.831. The minimum absolute atomic E-state index is 0.153. The Morgan fingerprint density at radius 3 is 2.86 bits per heavy atom. The third-order valence-corrected chi connectivity index (χ3v) is 5.01. The Kier molecular flexibility index (Phi) is 6.15. The van der Waals surface area contributed by atoms with Crippen LogP contribution >= 0.6 is 11.3 Å². The summed E-state index contributed by atoms with van der Waals surface area (Å²) in [4.78, 5) is 36.3. The Morgan fingerprint density at radius 1 is 1.29 bits per heavy atom. The SMILES string of the molecule is CCOC(=O)NC(=O)c1ccsc1NC(=O)[C@@H]1COc2ccc(OC)cc2C1. The van der Waals surface area contributed by atoms with Crippen LogP contribution in [0.2, 0.25) is 0 Å². The summed E-state index contributed by atoms with van der Waals surface area (Å²) in [6, 6.07) is 7.00. The van der Waals surface area contributed by atoms with Gasteiger partial charge in [0, 0.05) is 0 Å². The predicted octanol–water partition coefficient (Wildman–Crippen LogP) is 2.83. The molecule has 3 amide bonds. The molecule has 9 heteroatoms. The quantitative estimate of drug-likeness (QED) is 0.794. The number of ether oxygens (including phenoxy) is 3. The molecular weight excluding hydrogens is 384 g/mol. The van der Waals surface area contributed by atoms with Crippen molar-refractivity contribution in [1.29, 1.82) is 0 Å². The van der Waals surface area contributed by atoms with Crippen LogP contribution in [-0.2, 0) is 16.0 Å². The topological polar surface area (TPSA) is 103 Å². The average molecular weight is 404 g/mol. The van der Waals surface area contributed by atoms with Gasteiger partial charge in [-0.1, -0.05) is 0 Å². The molecule has 2 aromatic rings. The number of hydrogen-bond donors (Lipinski definition) is 2. The molecule has 0 saturated carbocycles. The Hall–Kier alpha value is -3.07. The van der Waals surface area contributed by atoms with Crippen LogP contribution in [-0.4, -0.2) is 38.2 Å². The molecule has 28 heavy (non-hydrogen) atoms. The molecule has 0 radical (unpaired) electrons. The second-order valence-electron chi connectivity index (χ2n) is 6.01. The van der Waals surface area contributed by atoms with Crippen molar-refractivity contribution in [2.75, 3.05) is 25.6 Å². The summed E-state index contributed by atoms with van der Waals surface area (Å²) in [6.45, 7) is 2.03. The van der Waals surface area contributed by atoms with Crippen LogP contribution in [0.15, 0.2) is 29.6 Å². The highest BCUT2D eigenvalue weighted by Crippen LogP contribution is 2.32. The van der Waals surface area contributed by atoms with E-state index in [1.54, 1.807) is 25.5 Å². The lowest BCUT2D eigenvalue weighted by Gasteiger charge is -2.25. The lowest BCUT2D eigenvalue weighted by molar-refractivity contribution is -0.121. The lowest BCUT2D eigenvalue weighted by atomic mass is 9.96. The molecule has 0 spiro atoms. The van der Waals surface area contributed by atoms with Crippen molar-refractivity contribution in [2.45, 2.75) is 13.3 Å². The second kappa shape index (κ2) is 8.75. The van der Waals surface area contributed by atoms with Gasteiger partial charge in [-0.05, 0) is 48.6 Å². The molecule has 3 rings (SSSR count). The Morgan fingerprint density at radius 2 is 2.11 bits per heavy atom. The maximum absolute atomic E-state index is 12.7. The van der Waals surface area contributed by atoms with Gasteiger partial charge in [-0.2, -0.15) is 0 Å². The highest BCUT2D eigenvalue weighted by molar-refractivity contribution is 7.14. The summed E-state index contributed by atoms with van der Waals surface area (Å²) in [5.74, 6) is 0.115. The first-order chi connectivity index (χ1) is 13.5. The van der Waals surface area contributed by atoms with E-state index in [0.717, 1.165) is 11.3 Å². The van der Waals surface area contributed by atoms with Crippen LogP contribution in [0.3, 0.4) is 0 Å². The molecule has 0 fully saturated rings. The monoisotopic (exact) mass is 404 g/mol. The smallest absolute Gasteiger partial charge is 0.414 e. The number of nitrogens with one attached hydrogen (secondary N) is 2. The highest BCUT2D eigenvalue weighted by Gasteiger charge is 2.28. The van der Waals surface area contributed by atoms with E-state index in [4.69, 9.17) is 14.2 Å². The van der Waals surface area contributed by atoms with Crippen molar-refractivity contribution in [3.05, 3.63) is 40.8 Å². The standard InChI is InChI=1S/C19H20N2O6S/c1-3-26-19(24)21-17(23)14-6-7-28-18(14)20-16(22)12-8-11-9-13(25-2)4-5-15(11)27-10-12/h4-7,9,12H,3,8,10H2,1-2H3,(H,20,22)(H,21,23,24)/t12-/m0/s1. The Bertz CT molecular complexity index is 894. The number of alkyl carbamates (subject to hydrolysis) is 1. The second-order valence-corrected chi connectivity index (χ2v) is 6.93. The Labute approximate surface area is 165 Å². The fraction of sp³-hybridized carbons (Fsp3) is 0.316. The molecule has 0 bridgehead atoms. The number of benzene rings is 1. The third kappa shape index (κ3) is 4.42. The first-order valence-corrected chi connectivity index (χ1v) is 9.56. The molecule has 1 aliphatic rings. The summed E-state index contributed by atoms with van der Waals surface area (Å²) >= 11 is 1.20. The molecule has 1 aromatic heterocycles. The van der Waals surface area contributed by atoms with Crippen LogP contribution in [0, 0.1) is 5.92 Å². The molecule has 1 aliphatic heterocycles. The van der Waals surface area contributed by atoms with Gasteiger partial charge in [-0.15, -0.1) is 11.3 Å². The average Bonchev–Trinajstić information content (AvgIpc) is 3.15. The molecule has 0 unspecified atom stereocenters. The molecule has 1 aromatic carbocycles. The number of thiophene rings is 1. The van der Waals surface area contributed by atoms with Gasteiger partial charge in [0.05, 0.1) is 25.2 Å². The van der Waals surface area contributed by atoms with Crippen LogP contribution < -0.4 is 20.1 Å². The van der Waals surface area contributed by atoms with Crippen molar-refractivity contribution >= 4 is 34.2 Å². The highest BCUT2D eigenvalue weighted by atomic mass is 32.1. The van der Waals surface area contributed by atoms with Crippen molar-refractivity contribution in [2.24, 2.45) is 5.92 Å². The molecule has 2 heterocycles. The van der Waals surface area contributed by atoms with Gasteiger partial charge in [-0.25, -0.2) is 4.79 Å². The maximum atomic E-state index is 12.7. The van der Waals surface area contributed by atoms with Gasteiger partial charge in [0.25, 0.3) is 5.91 Å². The van der Waals surface area contributed by atoms with E-state index in [2.05, 4.69) is 10.6 Å². The van der Waals surface area contributed by atoms with Crippen LogP contribution in [0.1, 0.15) is 22.8 Å². The van der Waals surface area contributed by atoms with Crippen molar-refractivity contribution < 1.29 is 28.6 Å². The number of rotatable bonds is 5. The Balaban J connectivity index is 1.66. The largest absolute Gasteiger partial charge is 0.497 e. The molecule has 0 aliphatic carbocycles. The number of anilines is 1. The maximum Gasteiger partial charge on any atom is 0.414 e. The minimum Gasteiger partial charge on any atom is -0.497 e. The number of carbonyl (C=O) groups is 3. The number of fused-ring (bicyclic) bond motifs is 1. The van der Waals surface area contributed by atoms with Gasteiger partial charge in [-0.3, -0.25) is 14.9 Å². The number of amides is 3. The van der Waals surface area contributed by atoms with E-state index in [0.29, 0.717) is 17.2 Å². The van der Waals surface area contributed by atoms with E-state index in [9.17, 15) is 14.4 Å². The summed E-state index contributed by atoms with van der Waals surface area (Å²) in [5, 5.41) is 6.90. The molecular formula is C19H20N2O6S. The van der Waals surface area contributed by atoms with Crippen LogP contribution in [0.25, 0.3) is 0 Å². The summed E-state index contributed by atoms with van der Waals surface area (Å²) in [6.07, 6.45) is -0.337. The summed E-state index contributed by atoms with van der Waals surface area (Å²) in [5.41, 5.74) is 1.09. The molecule has 2 N–H and O–H groups in total. The van der Waals surface area contributed by atoms with E-state index < -0.39 is 17.9 Å². The van der Waals surface area contributed by atoms with Crippen molar-refractivity contribution in [3.8, 4) is 11.5 Å². The van der Waals surface area contributed by atoms with Gasteiger partial charge < -0.3 is 19.5 Å². The zero-order valence-electron chi connectivity index (χ0n) is 15.4. The molecule has 8 nitrogen and oxygen atoms in total. The zero-order valence-corrected chi connectivity index (χ0v) is 16.3. The van der Waals surface area contributed by atoms with E-state index in [1.807, 2.05) is 12.1 Å². The zero-order chi connectivity index (χ0) is 20.1. The van der Waals surface area contributed by atoms with Crippen LogP contribution in [0.4, 0.5) is 9.80 Å². The molecule has 0 saturated heterocycles. The summed E-state index contributed by atoms with van der Waals surface area (Å²) < 4.78 is 15.6. The number of hydrogen-bond acceptors (Lipinski definition) is 7.